The normalized spacial score (nSPS) is 56.2. The van der Waals surface area contributed by atoms with Gasteiger partial charge in [-0.2, -0.15) is 0 Å². The van der Waals surface area contributed by atoms with E-state index in [-0.39, 0.29) is 5.54 Å². The Hall–Kier alpha value is -0.510. The van der Waals surface area contributed by atoms with Gasteiger partial charge in [0, 0.05) is 19.3 Å². The highest BCUT2D eigenvalue weighted by Crippen LogP contribution is 2.69. The summed E-state index contributed by atoms with van der Waals surface area (Å²) >= 11 is 0. The van der Waals surface area contributed by atoms with Crippen molar-refractivity contribution in [3.8, 4) is 0 Å². The van der Waals surface area contributed by atoms with Gasteiger partial charge in [-0.15, -0.1) is 0 Å². The zero-order chi connectivity index (χ0) is 12.4. The molecular weight excluding hydrogens is 206 g/mol. The lowest BCUT2D eigenvalue weighted by Crippen LogP contribution is -2.40. The van der Waals surface area contributed by atoms with Crippen molar-refractivity contribution in [3.63, 3.8) is 0 Å². The minimum absolute atomic E-state index is 0.0352. The van der Waals surface area contributed by atoms with Gasteiger partial charge in [-0.3, -0.25) is 0 Å². The van der Waals surface area contributed by atoms with Crippen LogP contribution in [-0.4, -0.2) is 5.54 Å². The van der Waals surface area contributed by atoms with Gasteiger partial charge in [0.2, 0.25) is 5.54 Å². The SMILES string of the molecule is [C-]#[N+][C@@]1(C)CC2C3CC1CC3(C)C[C@H]2C(C)C. The molecule has 2 bridgehead atoms. The van der Waals surface area contributed by atoms with E-state index in [1.165, 1.54) is 25.7 Å². The van der Waals surface area contributed by atoms with Crippen molar-refractivity contribution in [2.75, 3.05) is 0 Å². The molecule has 6 atom stereocenters. The molecule has 3 aliphatic carbocycles. The van der Waals surface area contributed by atoms with E-state index < -0.39 is 0 Å². The van der Waals surface area contributed by atoms with Gasteiger partial charge in [0.15, 0.2) is 0 Å². The largest absolute Gasteiger partial charge is 0.310 e. The van der Waals surface area contributed by atoms with Crippen LogP contribution in [0, 0.1) is 41.6 Å². The van der Waals surface area contributed by atoms with Crippen molar-refractivity contribution in [3.05, 3.63) is 11.4 Å². The summed E-state index contributed by atoms with van der Waals surface area (Å²) in [5.41, 5.74) is 0.541. The molecule has 0 aromatic rings. The first-order valence-electron chi connectivity index (χ1n) is 7.28. The standard InChI is InChI=1S/C16H25N/c1-10(2)12-8-15(3)7-11-6-14(15)13(12)9-16(11,4)17-5/h10-14H,6-9H2,1-4H3/t11?,12-,13?,14?,15?,16-/m0/s1. The summed E-state index contributed by atoms with van der Waals surface area (Å²) in [6.45, 7) is 17.1. The van der Waals surface area contributed by atoms with Gasteiger partial charge >= 0.3 is 0 Å². The van der Waals surface area contributed by atoms with Crippen LogP contribution in [0.4, 0.5) is 0 Å². The van der Waals surface area contributed by atoms with Gasteiger partial charge in [0.05, 0.1) is 0 Å². The van der Waals surface area contributed by atoms with Crippen molar-refractivity contribution in [1.29, 1.82) is 0 Å². The first-order chi connectivity index (χ1) is 7.89. The fourth-order valence-corrected chi connectivity index (χ4v) is 5.58. The second-order valence-corrected chi connectivity index (χ2v) is 7.85. The third kappa shape index (κ3) is 1.36. The maximum atomic E-state index is 7.59. The monoisotopic (exact) mass is 231 g/mol. The molecule has 94 valence electrons. The third-order valence-corrected chi connectivity index (χ3v) is 6.56. The van der Waals surface area contributed by atoms with E-state index in [1.54, 1.807) is 0 Å². The quantitative estimate of drug-likeness (QED) is 0.589. The van der Waals surface area contributed by atoms with Crippen LogP contribution in [0.5, 0.6) is 0 Å². The Morgan fingerprint density at radius 3 is 2.47 bits per heavy atom. The molecule has 0 amide bonds. The summed E-state index contributed by atoms with van der Waals surface area (Å²) in [6, 6.07) is 0. The number of nitrogens with zero attached hydrogens (tertiary/aromatic N) is 1. The summed E-state index contributed by atoms with van der Waals surface area (Å²) in [5.74, 6) is 4.16. The average Bonchev–Trinajstić information content (AvgIpc) is 2.69. The lowest BCUT2D eigenvalue weighted by atomic mass is 9.66. The fraction of sp³-hybridized carbons (Fsp3) is 0.938. The van der Waals surface area contributed by atoms with Gasteiger partial charge in [0.1, 0.15) is 0 Å². The number of hydrogen-bond donors (Lipinski definition) is 0. The molecule has 0 saturated heterocycles. The van der Waals surface area contributed by atoms with Crippen LogP contribution in [0.3, 0.4) is 0 Å². The molecule has 0 aromatic heterocycles. The van der Waals surface area contributed by atoms with E-state index in [2.05, 4.69) is 32.5 Å². The smallest absolute Gasteiger partial charge is 0.233 e. The molecule has 3 rings (SSSR count). The highest BCUT2D eigenvalue weighted by molar-refractivity contribution is 5.18. The maximum absolute atomic E-state index is 7.59. The van der Waals surface area contributed by atoms with Crippen molar-refractivity contribution in [1.82, 2.24) is 0 Å². The average molecular weight is 231 g/mol. The van der Waals surface area contributed by atoms with Crippen molar-refractivity contribution in [2.45, 2.75) is 58.9 Å². The minimum Gasteiger partial charge on any atom is -0.310 e. The summed E-state index contributed by atoms with van der Waals surface area (Å²) in [6.07, 6.45) is 5.30. The predicted octanol–water partition coefficient (Wildman–Crippen LogP) is 4.39. The van der Waals surface area contributed by atoms with Crippen molar-refractivity contribution in [2.24, 2.45) is 35.0 Å². The van der Waals surface area contributed by atoms with E-state index in [0.29, 0.717) is 11.3 Å². The lowest BCUT2D eigenvalue weighted by molar-refractivity contribution is 0.129. The highest BCUT2D eigenvalue weighted by atomic mass is 14.9. The van der Waals surface area contributed by atoms with E-state index in [0.717, 1.165) is 23.7 Å². The van der Waals surface area contributed by atoms with E-state index >= 15 is 0 Å². The van der Waals surface area contributed by atoms with E-state index in [9.17, 15) is 0 Å². The molecule has 1 heteroatoms. The van der Waals surface area contributed by atoms with Gasteiger partial charge in [-0.25, -0.2) is 6.57 Å². The summed E-state index contributed by atoms with van der Waals surface area (Å²) in [4.78, 5) is 4.05. The number of fused-ring (bicyclic) bond motifs is 1. The Bertz CT molecular complexity index is 379. The number of hydrogen-bond acceptors (Lipinski definition) is 0. The Balaban J connectivity index is 1.99. The Labute approximate surface area is 106 Å². The Morgan fingerprint density at radius 2 is 1.88 bits per heavy atom. The molecule has 0 aromatic carbocycles. The minimum atomic E-state index is -0.0352. The highest BCUT2D eigenvalue weighted by Gasteiger charge is 2.66. The summed E-state index contributed by atoms with van der Waals surface area (Å²) in [7, 11) is 0. The Morgan fingerprint density at radius 1 is 1.18 bits per heavy atom. The van der Waals surface area contributed by atoms with Crippen LogP contribution in [0.1, 0.15) is 53.4 Å². The molecule has 1 nitrogen and oxygen atoms in total. The van der Waals surface area contributed by atoms with Crippen LogP contribution in [-0.2, 0) is 0 Å². The van der Waals surface area contributed by atoms with Gasteiger partial charge in [0.25, 0.3) is 0 Å². The zero-order valence-corrected chi connectivity index (χ0v) is 11.7. The van der Waals surface area contributed by atoms with E-state index in [4.69, 9.17) is 6.57 Å². The van der Waals surface area contributed by atoms with Crippen molar-refractivity contribution < 1.29 is 0 Å². The third-order valence-electron chi connectivity index (χ3n) is 6.56. The molecule has 3 fully saturated rings. The molecular formula is C16H25N. The predicted molar refractivity (Wildman–Crippen MR) is 70.4 cm³/mol. The van der Waals surface area contributed by atoms with Crippen LogP contribution >= 0.6 is 0 Å². The molecule has 3 saturated carbocycles. The molecule has 0 aliphatic heterocycles. The second-order valence-electron chi connectivity index (χ2n) is 7.85. The first kappa shape index (κ1) is 11.6. The topological polar surface area (TPSA) is 4.36 Å². The Kier molecular flexibility index (Phi) is 2.23. The van der Waals surface area contributed by atoms with Crippen LogP contribution in [0.15, 0.2) is 0 Å². The van der Waals surface area contributed by atoms with Gasteiger partial charge in [-0.05, 0) is 48.3 Å². The van der Waals surface area contributed by atoms with Crippen LogP contribution < -0.4 is 0 Å². The number of rotatable bonds is 1. The van der Waals surface area contributed by atoms with Crippen LogP contribution in [0.25, 0.3) is 4.85 Å². The van der Waals surface area contributed by atoms with Crippen LogP contribution in [0.2, 0.25) is 0 Å². The molecule has 0 spiro atoms. The maximum Gasteiger partial charge on any atom is 0.233 e. The van der Waals surface area contributed by atoms with Gasteiger partial charge < -0.3 is 4.85 Å². The second kappa shape index (κ2) is 3.28. The van der Waals surface area contributed by atoms with E-state index in [1.807, 2.05) is 0 Å². The fourth-order valence-electron chi connectivity index (χ4n) is 5.58. The summed E-state index contributed by atoms with van der Waals surface area (Å²) in [5, 5.41) is 0. The summed E-state index contributed by atoms with van der Waals surface area (Å²) < 4.78 is 0. The molecule has 0 radical (unpaired) electrons. The molecule has 0 heterocycles. The molecule has 17 heavy (non-hydrogen) atoms. The molecule has 0 N–H and O–H groups in total. The zero-order valence-electron chi connectivity index (χ0n) is 11.7. The lowest BCUT2D eigenvalue weighted by Gasteiger charge is -2.38. The first-order valence-corrected chi connectivity index (χ1v) is 7.28. The van der Waals surface area contributed by atoms with Crippen molar-refractivity contribution >= 4 is 0 Å². The van der Waals surface area contributed by atoms with Gasteiger partial charge in [-0.1, -0.05) is 20.8 Å². The molecule has 4 unspecified atom stereocenters. The molecule has 3 aliphatic rings.